The SMILES string of the molecule is c1ccc([C@H]2COC(c3ccc(C4=N[C@@H](c5ccccc5)CO4)cc3)=N2)cc1. The Labute approximate surface area is 164 Å². The van der Waals surface area contributed by atoms with Crippen LogP contribution >= 0.6 is 0 Å². The first-order chi connectivity index (χ1) is 13.9. The van der Waals surface area contributed by atoms with Gasteiger partial charge in [-0.3, -0.25) is 0 Å². The molecule has 0 radical (unpaired) electrons. The van der Waals surface area contributed by atoms with E-state index in [1.54, 1.807) is 0 Å². The molecule has 2 aliphatic heterocycles. The molecule has 5 rings (SSSR count). The summed E-state index contributed by atoms with van der Waals surface area (Å²) >= 11 is 0. The second kappa shape index (κ2) is 7.31. The lowest BCUT2D eigenvalue weighted by Gasteiger charge is -2.04. The van der Waals surface area contributed by atoms with Gasteiger partial charge in [0.05, 0.1) is 0 Å². The Morgan fingerprint density at radius 1 is 0.536 bits per heavy atom. The zero-order valence-corrected chi connectivity index (χ0v) is 15.4. The molecule has 0 spiro atoms. The van der Waals surface area contributed by atoms with Crippen molar-refractivity contribution in [2.24, 2.45) is 9.98 Å². The third kappa shape index (κ3) is 3.29. The van der Waals surface area contributed by atoms with Crippen molar-refractivity contribution >= 4 is 11.8 Å². The summed E-state index contributed by atoms with van der Waals surface area (Å²) in [4.78, 5) is 9.48. The van der Waals surface area contributed by atoms with Gasteiger partial charge in [-0.15, -0.1) is 0 Å². The van der Waals surface area contributed by atoms with Gasteiger partial charge < -0.3 is 9.47 Å². The highest BCUT2D eigenvalue weighted by Gasteiger charge is 2.23. The van der Waals surface area contributed by atoms with Gasteiger partial charge in [0.15, 0.2) is 0 Å². The van der Waals surface area contributed by atoms with Gasteiger partial charge in [-0.05, 0) is 35.4 Å². The minimum atomic E-state index is 0.0602. The number of hydrogen-bond donors (Lipinski definition) is 0. The maximum atomic E-state index is 5.83. The molecule has 0 bridgehead atoms. The van der Waals surface area contributed by atoms with Crippen molar-refractivity contribution in [3.05, 3.63) is 107 Å². The smallest absolute Gasteiger partial charge is 0.216 e. The summed E-state index contributed by atoms with van der Waals surface area (Å²) in [5.41, 5.74) is 4.30. The second-order valence-corrected chi connectivity index (χ2v) is 6.92. The topological polar surface area (TPSA) is 43.2 Å². The van der Waals surface area contributed by atoms with Gasteiger partial charge in [-0.25, -0.2) is 9.98 Å². The number of nitrogens with zero attached hydrogens (tertiary/aromatic N) is 2. The van der Waals surface area contributed by atoms with Gasteiger partial charge in [0.25, 0.3) is 0 Å². The highest BCUT2D eigenvalue weighted by molar-refractivity contribution is 5.98. The summed E-state index contributed by atoms with van der Waals surface area (Å²) < 4.78 is 11.7. The molecule has 0 unspecified atom stereocenters. The van der Waals surface area contributed by atoms with E-state index in [1.807, 2.05) is 60.7 Å². The maximum absolute atomic E-state index is 5.83. The lowest BCUT2D eigenvalue weighted by Crippen LogP contribution is -2.04. The fourth-order valence-corrected chi connectivity index (χ4v) is 3.51. The van der Waals surface area contributed by atoms with Crippen LogP contribution in [0.3, 0.4) is 0 Å². The maximum Gasteiger partial charge on any atom is 0.216 e. The van der Waals surface area contributed by atoms with Crippen molar-refractivity contribution in [1.82, 2.24) is 0 Å². The first-order valence-corrected chi connectivity index (χ1v) is 9.49. The third-order valence-electron chi connectivity index (χ3n) is 5.05. The Bertz CT molecular complexity index is 927. The standard InChI is InChI=1S/C24H20N2O2/c1-3-7-17(8-4-1)21-15-27-23(25-21)19-11-13-20(14-12-19)24-26-22(16-28-24)18-9-5-2-6-10-18/h1-14,21-22H,15-16H2/t21-,22-/m1/s1. The van der Waals surface area contributed by atoms with Crippen molar-refractivity contribution in [1.29, 1.82) is 0 Å². The summed E-state index contributed by atoms with van der Waals surface area (Å²) in [5, 5.41) is 0. The van der Waals surface area contributed by atoms with Crippen LogP contribution in [0.1, 0.15) is 34.3 Å². The first kappa shape index (κ1) is 16.8. The molecular weight excluding hydrogens is 348 g/mol. The normalized spacial score (nSPS) is 20.9. The predicted octanol–water partition coefficient (Wildman–Crippen LogP) is 4.72. The van der Waals surface area contributed by atoms with Crippen LogP contribution in [0.2, 0.25) is 0 Å². The lowest BCUT2D eigenvalue weighted by molar-refractivity contribution is 0.319. The van der Waals surface area contributed by atoms with Gasteiger partial charge in [-0.2, -0.15) is 0 Å². The zero-order valence-electron chi connectivity index (χ0n) is 15.4. The molecule has 4 heteroatoms. The molecule has 0 fully saturated rings. The monoisotopic (exact) mass is 368 g/mol. The summed E-state index contributed by atoms with van der Waals surface area (Å²) in [5.74, 6) is 1.38. The molecule has 28 heavy (non-hydrogen) atoms. The number of hydrogen-bond acceptors (Lipinski definition) is 4. The molecule has 0 N–H and O–H groups in total. The molecule has 0 aromatic heterocycles. The fourth-order valence-electron chi connectivity index (χ4n) is 3.51. The van der Waals surface area contributed by atoms with Gasteiger partial charge >= 0.3 is 0 Å². The van der Waals surface area contributed by atoms with Crippen molar-refractivity contribution in [2.75, 3.05) is 13.2 Å². The molecule has 0 amide bonds. The van der Waals surface area contributed by atoms with Gasteiger partial charge in [0.2, 0.25) is 11.8 Å². The largest absolute Gasteiger partial charge is 0.475 e. The minimum absolute atomic E-state index is 0.0602. The first-order valence-electron chi connectivity index (χ1n) is 9.49. The summed E-state index contributed by atoms with van der Waals surface area (Å²) in [6.45, 7) is 1.16. The van der Waals surface area contributed by atoms with E-state index in [4.69, 9.17) is 19.5 Å². The van der Waals surface area contributed by atoms with Crippen LogP contribution in [0.5, 0.6) is 0 Å². The van der Waals surface area contributed by atoms with Gasteiger partial charge in [-0.1, -0.05) is 60.7 Å². The number of rotatable bonds is 4. The number of ether oxygens (including phenoxy) is 2. The average Bonchev–Trinajstić information content (AvgIpc) is 3.46. The van der Waals surface area contributed by atoms with Crippen LogP contribution in [-0.4, -0.2) is 25.0 Å². The Morgan fingerprint density at radius 2 is 0.929 bits per heavy atom. The molecule has 138 valence electrons. The molecule has 0 aliphatic carbocycles. The molecule has 2 heterocycles. The van der Waals surface area contributed by atoms with E-state index in [0.29, 0.717) is 25.0 Å². The van der Waals surface area contributed by atoms with E-state index in [1.165, 1.54) is 11.1 Å². The Morgan fingerprint density at radius 3 is 1.32 bits per heavy atom. The van der Waals surface area contributed by atoms with Crippen LogP contribution in [0, 0.1) is 0 Å². The van der Waals surface area contributed by atoms with E-state index in [9.17, 15) is 0 Å². The number of aliphatic imine (C=N–C) groups is 2. The number of benzene rings is 3. The molecule has 3 aromatic rings. The second-order valence-electron chi connectivity index (χ2n) is 6.92. The van der Waals surface area contributed by atoms with Crippen LogP contribution in [0.4, 0.5) is 0 Å². The Balaban J connectivity index is 1.33. The van der Waals surface area contributed by atoms with Gasteiger partial charge in [0, 0.05) is 11.1 Å². The van der Waals surface area contributed by atoms with E-state index in [0.717, 1.165) is 11.1 Å². The van der Waals surface area contributed by atoms with E-state index in [2.05, 4.69) is 24.3 Å². The van der Waals surface area contributed by atoms with Crippen molar-refractivity contribution in [3.63, 3.8) is 0 Å². The quantitative estimate of drug-likeness (QED) is 0.669. The van der Waals surface area contributed by atoms with Gasteiger partial charge in [0.1, 0.15) is 25.3 Å². The van der Waals surface area contributed by atoms with Crippen LogP contribution in [0.25, 0.3) is 0 Å². The minimum Gasteiger partial charge on any atom is -0.475 e. The lowest BCUT2D eigenvalue weighted by atomic mass is 10.1. The van der Waals surface area contributed by atoms with E-state index >= 15 is 0 Å². The summed E-state index contributed by atoms with van der Waals surface area (Å²) in [7, 11) is 0. The fraction of sp³-hybridized carbons (Fsp3) is 0.167. The molecule has 3 aromatic carbocycles. The molecule has 0 saturated heterocycles. The molecule has 0 saturated carbocycles. The van der Waals surface area contributed by atoms with E-state index < -0.39 is 0 Å². The van der Waals surface area contributed by atoms with E-state index in [-0.39, 0.29) is 12.1 Å². The summed E-state index contributed by atoms with van der Waals surface area (Å²) in [6, 6.07) is 28.7. The van der Waals surface area contributed by atoms with Crippen LogP contribution in [-0.2, 0) is 9.47 Å². The molecular formula is C24H20N2O2. The van der Waals surface area contributed by atoms with Crippen molar-refractivity contribution < 1.29 is 9.47 Å². The van der Waals surface area contributed by atoms with Crippen molar-refractivity contribution in [3.8, 4) is 0 Å². The Hall–Kier alpha value is -3.40. The molecule has 2 aliphatic rings. The third-order valence-corrected chi connectivity index (χ3v) is 5.05. The summed E-state index contributed by atoms with van der Waals surface area (Å²) in [6.07, 6.45) is 0. The molecule has 4 nitrogen and oxygen atoms in total. The van der Waals surface area contributed by atoms with Crippen LogP contribution < -0.4 is 0 Å². The predicted molar refractivity (Wildman–Crippen MR) is 110 cm³/mol. The molecule has 2 atom stereocenters. The van der Waals surface area contributed by atoms with Crippen molar-refractivity contribution in [2.45, 2.75) is 12.1 Å². The average molecular weight is 368 g/mol. The highest BCUT2D eigenvalue weighted by Crippen LogP contribution is 2.27. The zero-order chi connectivity index (χ0) is 18.8. The van der Waals surface area contributed by atoms with Crippen LogP contribution in [0.15, 0.2) is 94.9 Å². The highest BCUT2D eigenvalue weighted by atomic mass is 16.5. The Kier molecular flexibility index (Phi) is 4.37.